The molecule has 6 nitrogen and oxygen atoms in total. The van der Waals surface area contributed by atoms with Crippen LogP contribution >= 0.6 is 0 Å². The number of nitrogens with one attached hydrogen (secondary N) is 1. The molecule has 1 aromatic heterocycles. The van der Waals surface area contributed by atoms with Crippen LogP contribution in [0.2, 0.25) is 0 Å². The van der Waals surface area contributed by atoms with Crippen LogP contribution in [0.25, 0.3) is 0 Å². The molecular formula is C24H26N4O2. The average Bonchev–Trinajstić information content (AvgIpc) is 3.12. The van der Waals surface area contributed by atoms with E-state index in [1.807, 2.05) is 67.3 Å². The lowest BCUT2D eigenvalue weighted by atomic mass is 10.1. The highest BCUT2D eigenvalue weighted by Gasteiger charge is 2.26. The molecule has 2 heterocycles. The molecule has 0 saturated carbocycles. The van der Waals surface area contributed by atoms with Gasteiger partial charge in [0.2, 0.25) is 0 Å². The molecule has 1 atom stereocenters. The Morgan fingerprint density at radius 3 is 2.67 bits per heavy atom. The minimum Gasteiger partial charge on any atom is -0.344 e. The number of nitrogens with zero attached hydrogens (tertiary/aromatic N) is 3. The Labute approximate surface area is 176 Å². The highest BCUT2D eigenvalue weighted by Crippen LogP contribution is 2.18. The van der Waals surface area contributed by atoms with E-state index in [4.69, 9.17) is 0 Å². The summed E-state index contributed by atoms with van der Waals surface area (Å²) in [6, 6.07) is 19.4. The van der Waals surface area contributed by atoms with Gasteiger partial charge in [-0.3, -0.25) is 14.3 Å². The summed E-state index contributed by atoms with van der Waals surface area (Å²) in [5.74, 6) is -0.360. The van der Waals surface area contributed by atoms with Crippen LogP contribution in [0.15, 0.2) is 60.7 Å². The summed E-state index contributed by atoms with van der Waals surface area (Å²) in [6.07, 6.45) is 0.799. The van der Waals surface area contributed by atoms with Crippen molar-refractivity contribution in [1.82, 2.24) is 20.0 Å². The monoisotopic (exact) mass is 402 g/mol. The number of amides is 2. The minimum absolute atomic E-state index is 0.0864. The number of aromatic nitrogens is 2. The lowest BCUT2D eigenvalue weighted by Crippen LogP contribution is -2.30. The summed E-state index contributed by atoms with van der Waals surface area (Å²) in [6.45, 7) is 5.82. The van der Waals surface area contributed by atoms with Gasteiger partial charge in [-0.25, -0.2) is 0 Å². The Morgan fingerprint density at radius 2 is 1.90 bits per heavy atom. The van der Waals surface area contributed by atoms with Crippen molar-refractivity contribution in [1.29, 1.82) is 0 Å². The number of fused-ring (bicyclic) bond motifs is 1. The summed E-state index contributed by atoms with van der Waals surface area (Å²) in [4.78, 5) is 27.7. The topological polar surface area (TPSA) is 67.2 Å². The zero-order valence-corrected chi connectivity index (χ0v) is 17.3. The molecule has 1 unspecified atom stereocenters. The lowest BCUT2D eigenvalue weighted by Gasteiger charge is -2.20. The maximum absolute atomic E-state index is 13.1. The van der Waals surface area contributed by atoms with Gasteiger partial charge >= 0.3 is 0 Å². The molecule has 0 fully saturated rings. The van der Waals surface area contributed by atoms with Gasteiger partial charge in [-0.05, 0) is 31.4 Å². The quantitative estimate of drug-likeness (QED) is 0.707. The smallest absolute Gasteiger partial charge is 0.272 e. The fourth-order valence-corrected chi connectivity index (χ4v) is 3.82. The summed E-state index contributed by atoms with van der Waals surface area (Å²) < 4.78 is 1.67. The van der Waals surface area contributed by atoms with Crippen LogP contribution in [0.5, 0.6) is 0 Å². The molecule has 2 amide bonds. The van der Waals surface area contributed by atoms with Gasteiger partial charge in [-0.15, -0.1) is 0 Å². The third-order valence-electron chi connectivity index (χ3n) is 5.42. The van der Waals surface area contributed by atoms with Crippen LogP contribution in [0.3, 0.4) is 0 Å². The predicted octanol–water partition coefficient (Wildman–Crippen LogP) is 3.73. The molecule has 1 N–H and O–H groups in total. The van der Waals surface area contributed by atoms with Crippen molar-refractivity contribution in [2.24, 2.45) is 0 Å². The molecule has 0 bridgehead atoms. The lowest BCUT2D eigenvalue weighted by molar-refractivity contribution is 0.0745. The van der Waals surface area contributed by atoms with Gasteiger partial charge in [0.25, 0.3) is 11.8 Å². The molecule has 1 aliphatic heterocycles. The third kappa shape index (κ3) is 4.27. The first-order chi connectivity index (χ1) is 14.5. The van der Waals surface area contributed by atoms with Crippen molar-refractivity contribution in [3.63, 3.8) is 0 Å². The van der Waals surface area contributed by atoms with Crippen molar-refractivity contribution in [3.8, 4) is 0 Å². The second kappa shape index (κ2) is 8.53. The molecule has 30 heavy (non-hydrogen) atoms. The minimum atomic E-state index is -0.273. The molecule has 3 aromatic rings. The van der Waals surface area contributed by atoms with Gasteiger partial charge in [0.05, 0.1) is 6.04 Å². The van der Waals surface area contributed by atoms with E-state index in [2.05, 4.69) is 16.5 Å². The molecule has 0 aliphatic carbocycles. The Morgan fingerprint density at radius 1 is 1.10 bits per heavy atom. The van der Waals surface area contributed by atoms with E-state index in [0.29, 0.717) is 25.3 Å². The number of carbonyl (C=O) groups is 2. The van der Waals surface area contributed by atoms with Crippen LogP contribution in [0.1, 0.15) is 57.1 Å². The van der Waals surface area contributed by atoms with E-state index in [1.165, 1.54) is 5.56 Å². The van der Waals surface area contributed by atoms with E-state index in [-0.39, 0.29) is 23.6 Å². The maximum atomic E-state index is 13.1. The van der Waals surface area contributed by atoms with Crippen LogP contribution in [0, 0.1) is 6.92 Å². The van der Waals surface area contributed by atoms with Gasteiger partial charge in [0.15, 0.2) is 5.69 Å². The SMILES string of the molecule is Cc1cccc(CN2CCCn3nc(C(=O)NC(C)c4ccccc4)cc3C2=O)c1. The van der Waals surface area contributed by atoms with E-state index in [9.17, 15) is 9.59 Å². The molecule has 0 saturated heterocycles. The molecule has 4 rings (SSSR count). The van der Waals surface area contributed by atoms with Crippen molar-refractivity contribution in [2.45, 2.75) is 39.4 Å². The van der Waals surface area contributed by atoms with Gasteiger partial charge in [0, 0.05) is 25.7 Å². The Bertz CT molecular complexity index is 1060. The van der Waals surface area contributed by atoms with Crippen molar-refractivity contribution >= 4 is 11.8 Å². The van der Waals surface area contributed by atoms with Crippen LogP contribution in [-0.4, -0.2) is 33.0 Å². The molecule has 0 spiro atoms. The number of hydrogen-bond donors (Lipinski definition) is 1. The van der Waals surface area contributed by atoms with E-state index >= 15 is 0 Å². The van der Waals surface area contributed by atoms with Gasteiger partial charge in [0.1, 0.15) is 5.69 Å². The van der Waals surface area contributed by atoms with E-state index in [0.717, 1.165) is 17.5 Å². The van der Waals surface area contributed by atoms with Gasteiger partial charge in [-0.1, -0.05) is 60.2 Å². The second-order valence-corrected chi connectivity index (χ2v) is 7.81. The summed E-state index contributed by atoms with van der Waals surface area (Å²) in [5, 5.41) is 7.39. The molecule has 1 aliphatic rings. The Kier molecular flexibility index (Phi) is 5.65. The van der Waals surface area contributed by atoms with Crippen molar-refractivity contribution in [2.75, 3.05) is 6.54 Å². The molecule has 154 valence electrons. The number of carbonyl (C=O) groups excluding carboxylic acids is 2. The van der Waals surface area contributed by atoms with Crippen LogP contribution in [0.4, 0.5) is 0 Å². The number of aryl methyl sites for hydroxylation is 2. The normalized spacial score (nSPS) is 14.7. The maximum Gasteiger partial charge on any atom is 0.272 e. The number of benzene rings is 2. The number of hydrogen-bond acceptors (Lipinski definition) is 3. The Balaban J connectivity index is 1.50. The zero-order chi connectivity index (χ0) is 21.1. The number of rotatable bonds is 5. The fraction of sp³-hybridized carbons (Fsp3) is 0.292. The first-order valence-corrected chi connectivity index (χ1v) is 10.3. The van der Waals surface area contributed by atoms with E-state index in [1.54, 1.807) is 10.7 Å². The van der Waals surface area contributed by atoms with Crippen molar-refractivity contribution in [3.05, 3.63) is 88.7 Å². The molecule has 0 radical (unpaired) electrons. The highest BCUT2D eigenvalue weighted by atomic mass is 16.2. The van der Waals surface area contributed by atoms with Gasteiger partial charge < -0.3 is 10.2 Å². The predicted molar refractivity (Wildman–Crippen MR) is 115 cm³/mol. The summed E-state index contributed by atoms with van der Waals surface area (Å²) >= 11 is 0. The first-order valence-electron chi connectivity index (χ1n) is 10.3. The first kappa shape index (κ1) is 19.9. The van der Waals surface area contributed by atoms with E-state index < -0.39 is 0 Å². The van der Waals surface area contributed by atoms with Crippen LogP contribution < -0.4 is 5.32 Å². The molecular weight excluding hydrogens is 376 g/mol. The molecule has 2 aromatic carbocycles. The van der Waals surface area contributed by atoms with Gasteiger partial charge in [-0.2, -0.15) is 5.10 Å². The average molecular weight is 402 g/mol. The Hall–Kier alpha value is -3.41. The largest absolute Gasteiger partial charge is 0.344 e. The zero-order valence-electron chi connectivity index (χ0n) is 17.3. The molecule has 6 heteroatoms. The fourth-order valence-electron chi connectivity index (χ4n) is 3.82. The highest BCUT2D eigenvalue weighted by molar-refractivity contribution is 5.98. The third-order valence-corrected chi connectivity index (χ3v) is 5.42. The standard InChI is InChI=1S/C24H26N4O2/c1-17-8-6-9-19(14-17)16-27-12-7-13-28-22(24(27)30)15-21(26-28)23(29)25-18(2)20-10-4-3-5-11-20/h3-6,8-11,14-15,18H,7,12-13,16H2,1-2H3,(H,25,29). The van der Waals surface area contributed by atoms with Crippen molar-refractivity contribution < 1.29 is 9.59 Å². The summed E-state index contributed by atoms with van der Waals surface area (Å²) in [5.41, 5.74) is 4.04. The van der Waals surface area contributed by atoms with Crippen LogP contribution in [-0.2, 0) is 13.1 Å². The second-order valence-electron chi connectivity index (χ2n) is 7.81. The summed E-state index contributed by atoms with van der Waals surface area (Å²) in [7, 11) is 0.